The van der Waals surface area contributed by atoms with Gasteiger partial charge >= 0.3 is 0 Å². The molecule has 0 amide bonds. The minimum Gasteiger partial charge on any atom is -0.300 e. The summed E-state index contributed by atoms with van der Waals surface area (Å²) in [6.45, 7) is 1.48. The molecule has 0 N–H and O–H groups in total. The van der Waals surface area contributed by atoms with Crippen molar-refractivity contribution < 1.29 is 4.79 Å². The third kappa shape index (κ3) is 2.06. The van der Waals surface area contributed by atoms with Crippen LogP contribution in [0.2, 0.25) is 10.0 Å². The summed E-state index contributed by atoms with van der Waals surface area (Å²) in [5.74, 6) is -0.610. The molecule has 2 unspecified atom stereocenters. The van der Waals surface area contributed by atoms with E-state index in [4.69, 9.17) is 46.4 Å². The topological polar surface area (TPSA) is 17.1 Å². The fourth-order valence-corrected chi connectivity index (χ4v) is 3.48. The summed E-state index contributed by atoms with van der Waals surface area (Å²) in [6.07, 6.45) is 0. The maximum absolute atomic E-state index is 11.3. The van der Waals surface area contributed by atoms with Gasteiger partial charge in [0.05, 0.1) is 5.92 Å². The van der Waals surface area contributed by atoms with Crippen molar-refractivity contribution in [1.82, 2.24) is 0 Å². The van der Waals surface area contributed by atoms with E-state index in [-0.39, 0.29) is 17.6 Å². The maximum atomic E-state index is 11.3. The number of halogens is 4. The number of hydrogen-bond acceptors (Lipinski definition) is 1. The standard InChI is InChI=1S/C11H8Cl4O/c1-5(16)9-10(11(9,14)15)6-2-7(12)4-8(13)3-6/h2-4,9-10H,1H3. The smallest absolute Gasteiger partial charge is 0.136 e. The van der Waals surface area contributed by atoms with Crippen LogP contribution in [0.25, 0.3) is 0 Å². The molecule has 16 heavy (non-hydrogen) atoms. The molecule has 1 nitrogen and oxygen atoms in total. The molecule has 0 heterocycles. The number of rotatable bonds is 2. The molecule has 0 radical (unpaired) electrons. The highest BCUT2D eigenvalue weighted by Crippen LogP contribution is 2.65. The molecule has 2 rings (SSSR count). The summed E-state index contributed by atoms with van der Waals surface area (Å²) < 4.78 is -1.03. The van der Waals surface area contributed by atoms with Crippen LogP contribution in [0, 0.1) is 5.92 Å². The Morgan fingerprint density at radius 3 is 2.06 bits per heavy atom. The van der Waals surface area contributed by atoms with E-state index in [9.17, 15) is 4.79 Å². The Bertz CT molecular complexity index is 435. The first-order valence-corrected chi connectivity index (χ1v) is 6.19. The first kappa shape index (κ1) is 12.5. The van der Waals surface area contributed by atoms with Gasteiger partial charge in [0, 0.05) is 16.0 Å². The Morgan fingerprint density at radius 2 is 1.69 bits per heavy atom. The molecule has 1 saturated carbocycles. The van der Waals surface area contributed by atoms with E-state index in [1.165, 1.54) is 6.92 Å². The molecular weight excluding hydrogens is 290 g/mol. The Balaban J connectivity index is 2.37. The molecular formula is C11H8Cl4O. The maximum Gasteiger partial charge on any atom is 0.136 e. The van der Waals surface area contributed by atoms with Crippen molar-refractivity contribution in [2.45, 2.75) is 17.2 Å². The number of carbonyl (C=O) groups is 1. The predicted octanol–water partition coefficient (Wildman–Crippen LogP) is 4.47. The summed E-state index contributed by atoms with van der Waals surface area (Å²) in [6, 6.07) is 5.10. The number of alkyl halides is 2. The first-order chi connectivity index (χ1) is 7.34. The second-order valence-corrected chi connectivity index (χ2v) is 6.26. The first-order valence-electron chi connectivity index (χ1n) is 4.68. The molecule has 0 aromatic heterocycles. The summed E-state index contributed by atoms with van der Waals surface area (Å²) >= 11 is 23.9. The Kier molecular flexibility index (Phi) is 3.17. The second-order valence-electron chi connectivity index (χ2n) is 3.94. The fourth-order valence-electron chi connectivity index (χ4n) is 2.00. The summed E-state index contributed by atoms with van der Waals surface area (Å²) in [5.41, 5.74) is 0.808. The van der Waals surface area contributed by atoms with Crippen molar-refractivity contribution in [3.05, 3.63) is 33.8 Å². The number of ketones is 1. The van der Waals surface area contributed by atoms with Gasteiger partial charge in [-0.25, -0.2) is 0 Å². The van der Waals surface area contributed by atoms with Crippen molar-refractivity contribution in [2.24, 2.45) is 5.92 Å². The zero-order chi connectivity index (χ0) is 12.1. The highest BCUT2D eigenvalue weighted by atomic mass is 35.5. The molecule has 0 spiro atoms. The molecule has 86 valence electrons. The lowest BCUT2D eigenvalue weighted by Crippen LogP contribution is -1.99. The SMILES string of the molecule is CC(=O)C1C(c2cc(Cl)cc(Cl)c2)C1(Cl)Cl. The highest BCUT2D eigenvalue weighted by Gasteiger charge is 2.66. The molecule has 1 fully saturated rings. The van der Waals surface area contributed by atoms with Crippen LogP contribution >= 0.6 is 46.4 Å². The lowest BCUT2D eigenvalue weighted by Gasteiger charge is -2.02. The van der Waals surface area contributed by atoms with E-state index in [0.717, 1.165) is 5.56 Å². The van der Waals surface area contributed by atoms with E-state index in [1.807, 2.05) is 0 Å². The van der Waals surface area contributed by atoms with E-state index in [1.54, 1.807) is 18.2 Å². The zero-order valence-electron chi connectivity index (χ0n) is 8.31. The summed E-state index contributed by atoms with van der Waals surface area (Å²) in [7, 11) is 0. The van der Waals surface area contributed by atoms with Crippen LogP contribution in [0.15, 0.2) is 18.2 Å². The Morgan fingerprint density at radius 1 is 1.19 bits per heavy atom. The quantitative estimate of drug-likeness (QED) is 0.736. The molecule has 0 bridgehead atoms. The molecule has 1 aromatic carbocycles. The van der Waals surface area contributed by atoms with Crippen LogP contribution in [-0.4, -0.2) is 10.1 Å². The van der Waals surface area contributed by atoms with Gasteiger partial charge in [-0.05, 0) is 30.7 Å². The van der Waals surface area contributed by atoms with Gasteiger partial charge in [0.1, 0.15) is 10.1 Å². The average molecular weight is 298 g/mol. The van der Waals surface area contributed by atoms with E-state index in [2.05, 4.69) is 0 Å². The average Bonchev–Trinajstić information content (AvgIpc) is 2.67. The van der Waals surface area contributed by atoms with Gasteiger partial charge in [0.25, 0.3) is 0 Å². The number of benzene rings is 1. The normalized spacial score (nSPS) is 26.6. The molecule has 2 atom stereocenters. The molecule has 0 saturated heterocycles. The minimum atomic E-state index is -1.03. The third-order valence-electron chi connectivity index (χ3n) is 2.74. The zero-order valence-corrected chi connectivity index (χ0v) is 11.3. The Labute approximate surface area is 114 Å². The van der Waals surface area contributed by atoms with Crippen LogP contribution in [0.4, 0.5) is 0 Å². The van der Waals surface area contributed by atoms with Crippen LogP contribution in [0.3, 0.4) is 0 Å². The lowest BCUT2D eigenvalue weighted by molar-refractivity contribution is -0.118. The molecule has 1 aromatic rings. The number of carbonyl (C=O) groups excluding carboxylic acids is 1. The molecule has 0 aliphatic heterocycles. The van der Waals surface area contributed by atoms with Gasteiger partial charge in [-0.1, -0.05) is 23.2 Å². The van der Waals surface area contributed by atoms with E-state index < -0.39 is 4.33 Å². The van der Waals surface area contributed by atoms with Gasteiger partial charge in [0.2, 0.25) is 0 Å². The van der Waals surface area contributed by atoms with Crippen molar-refractivity contribution in [2.75, 3.05) is 0 Å². The summed E-state index contributed by atoms with van der Waals surface area (Å²) in [5, 5.41) is 1.03. The van der Waals surface area contributed by atoms with Crippen LogP contribution in [0.5, 0.6) is 0 Å². The number of hydrogen-bond donors (Lipinski definition) is 0. The van der Waals surface area contributed by atoms with Gasteiger partial charge in [0.15, 0.2) is 0 Å². The monoisotopic (exact) mass is 296 g/mol. The van der Waals surface area contributed by atoms with Crippen molar-refractivity contribution >= 4 is 52.2 Å². The Hall–Kier alpha value is 0.0500. The van der Waals surface area contributed by atoms with Crippen molar-refractivity contribution in [1.29, 1.82) is 0 Å². The molecule has 5 heteroatoms. The van der Waals surface area contributed by atoms with E-state index >= 15 is 0 Å². The van der Waals surface area contributed by atoms with Crippen LogP contribution in [0.1, 0.15) is 18.4 Å². The minimum absolute atomic E-state index is 0.0221. The molecule has 1 aliphatic carbocycles. The predicted molar refractivity (Wildman–Crippen MR) is 67.8 cm³/mol. The van der Waals surface area contributed by atoms with Crippen molar-refractivity contribution in [3.63, 3.8) is 0 Å². The third-order valence-corrected chi connectivity index (χ3v) is 4.11. The number of Topliss-reactive ketones (excluding diaryl/α,β-unsaturated/α-hetero) is 1. The molecule has 1 aliphatic rings. The van der Waals surface area contributed by atoms with Gasteiger partial charge in [-0.15, -0.1) is 23.2 Å². The van der Waals surface area contributed by atoms with Crippen molar-refractivity contribution in [3.8, 4) is 0 Å². The largest absolute Gasteiger partial charge is 0.300 e. The van der Waals surface area contributed by atoms with Gasteiger partial charge < -0.3 is 0 Å². The fraction of sp³-hybridized carbons (Fsp3) is 0.364. The van der Waals surface area contributed by atoms with Crippen LogP contribution < -0.4 is 0 Å². The summed E-state index contributed by atoms with van der Waals surface area (Å²) in [4.78, 5) is 11.3. The van der Waals surface area contributed by atoms with Gasteiger partial charge in [-0.3, -0.25) is 4.79 Å². The van der Waals surface area contributed by atoms with E-state index in [0.29, 0.717) is 10.0 Å². The van der Waals surface area contributed by atoms with Crippen LogP contribution in [-0.2, 0) is 4.79 Å². The second kappa shape index (κ2) is 4.06. The lowest BCUT2D eigenvalue weighted by atomic mass is 10.1. The highest BCUT2D eigenvalue weighted by molar-refractivity contribution is 6.53. The van der Waals surface area contributed by atoms with Gasteiger partial charge in [-0.2, -0.15) is 0 Å².